The number of Topliss-reactive ketones (excluding diaryl/α,β-unsaturated/α-hetero) is 2. The summed E-state index contributed by atoms with van der Waals surface area (Å²) in [7, 11) is 0. The van der Waals surface area contributed by atoms with Crippen LogP contribution < -0.4 is 0 Å². The number of aliphatic hydroxyl groups excluding tert-OH is 1. The van der Waals surface area contributed by atoms with Gasteiger partial charge >= 0.3 is 0 Å². The number of fused-ring (bicyclic) bond motifs is 1. The molecular formula is C34H33ClFNO3. The Morgan fingerprint density at radius 2 is 1.52 bits per heavy atom. The largest absolute Gasteiger partial charge is 0.389 e. The minimum atomic E-state index is -0.462. The first-order valence-electron chi connectivity index (χ1n) is 13.9. The fraction of sp³-hybridized carbons (Fsp3) is 0.324. The predicted molar refractivity (Wildman–Crippen MR) is 156 cm³/mol. The molecule has 206 valence electrons. The van der Waals surface area contributed by atoms with Gasteiger partial charge in [-0.2, -0.15) is 0 Å². The molecule has 0 bridgehead atoms. The molecule has 1 heterocycles. The molecule has 40 heavy (non-hydrogen) atoms. The molecule has 1 saturated carbocycles. The number of nitrogens with zero attached hydrogens (tertiary/aromatic N) is 1. The van der Waals surface area contributed by atoms with Gasteiger partial charge in [0.2, 0.25) is 0 Å². The van der Waals surface area contributed by atoms with E-state index in [-0.39, 0.29) is 35.6 Å². The number of benzene rings is 3. The van der Waals surface area contributed by atoms with Crippen molar-refractivity contribution in [2.75, 3.05) is 6.61 Å². The number of halogens is 2. The monoisotopic (exact) mass is 557 g/mol. The summed E-state index contributed by atoms with van der Waals surface area (Å²) in [6.07, 6.45) is 6.72. The van der Waals surface area contributed by atoms with E-state index in [9.17, 15) is 14.0 Å². The maximum atomic E-state index is 14.1. The summed E-state index contributed by atoms with van der Waals surface area (Å²) in [4.78, 5) is 29.8. The quantitative estimate of drug-likeness (QED) is 0.226. The Balaban J connectivity index is 1.33. The van der Waals surface area contributed by atoms with E-state index >= 15 is 0 Å². The van der Waals surface area contributed by atoms with Crippen LogP contribution in [0.25, 0.3) is 10.9 Å². The maximum Gasteiger partial charge on any atom is 0.162 e. The average molecular weight is 558 g/mol. The van der Waals surface area contributed by atoms with E-state index < -0.39 is 6.61 Å². The van der Waals surface area contributed by atoms with Gasteiger partial charge in [0.15, 0.2) is 5.78 Å². The minimum Gasteiger partial charge on any atom is -0.389 e. The number of hydrogen-bond donors (Lipinski definition) is 1. The number of carbonyl (C=O) groups is 2. The summed E-state index contributed by atoms with van der Waals surface area (Å²) >= 11 is 6.06. The molecular weight excluding hydrogens is 525 g/mol. The highest BCUT2D eigenvalue weighted by Crippen LogP contribution is 2.42. The highest BCUT2D eigenvalue weighted by molar-refractivity contribution is 6.30. The average Bonchev–Trinajstić information content (AvgIpc) is 2.97. The summed E-state index contributed by atoms with van der Waals surface area (Å²) in [5.41, 5.74) is 4.82. The molecule has 0 radical (unpaired) electrons. The lowest BCUT2D eigenvalue weighted by Gasteiger charge is -2.34. The van der Waals surface area contributed by atoms with Crippen molar-refractivity contribution in [1.29, 1.82) is 0 Å². The van der Waals surface area contributed by atoms with Crippen LogP contribution >= 0.6 is 11.6 Å². The van der Waals surface area contributed by atoms with Crippen LogP contribution in [0.15, 0.2) is 79.0 Å². The zero-order valence-corrected chi connectivity index (χ0v) is 23.1. The van der Waals surface area contributed by atoms with Gasteiger partial charge in [0.25, 0.3) is 0 Å². The van der Waals surface area contributed by atoms with E-state index in [0.717, 1.165) is 58.8 Å². The van der Waals surface area contributed by atoms with Crippen LogP contribution in [0.2, 0.25) is 5.02 Å². The lowest BCUT2D eigenvalue weighted by Crippen LogP contribution is -2.30. The summed E-state index contributed by atoms with van der Waals surface area (Å²) in [5, 5.41) is 10.6. The van der Waals surface area contributed by atoms with Gasteiger partial charge in [-0.1, -0.05) is 48.0 Å². The lowest BCUT2D eigenvalue weighted by atomic mass is 9.70. The number of aromatic nitrogens is 1. The van der Waals surface area contributed by atoms with Gasteiger partial charge in [0, 0.05) is 35.4 Å². The fourth-order valence-electron chi connectivity index (χ4n) is 6.14. The predicted octanol–water partition coefficient (Wildman–Crippen LogP) is 7.08. The summed E-state index contributed by atoms with van der Waals surface area (Å²) in [6, 6.07) is 22.0. The highest BCUT2D eigenvalue weighted by atomic mass is 35.5. The van der Waals surface area contributed by atoms with Crippen LogP contribution in [0.4, 0.5) is 4.39 Å². The summed E-state index contributed by atoms with van der Waals surface area (Å²) in [5.74, 6) is 0.172. The molecule has 1 aromatic heterocycles. The number of ketones is 2. The summed E-state index contributed by atoms with van der Waals surface area (Å²) < 4.78 is 14.1. The van der Waals surface area contributed by atoms with E-state index in [2.05, 4.69) is 4.98 Å². The number of rotatable bonds is 10. The molecule has 1 atom stereocenters. The molecule has 6 heteroatoms. The molecule has 3 aromatic carbocycles. The van der Waals surface area contributed by atoms with Crippen LogP contribution in [0.1, 0.15) is 53.9 Å². The second-order valence-corrected chi connectivity index (χ2v) is 11.4. The van der Waals surface area contributed by atoms with Crippen molar-refractivity contribution in [3.8, 4) is 0 Å². The molecule has 1 fully saturated rings. The van der Waals surface area contributed by atoms with E-state index in [0.29, 0.717) is 23.8 Å². The Morgan fingerprint density at radius 3 is 2.23 bits per heavy atom. The van der Waals surface area contributed by atoms with Crippen molar-refractivity contribution in [3.05, 3.63) is 112 Å². The van der Waals surface area contributed by atoms with Gasteiger partial charge in [-0.3, -0.25) is 14.6 Å². The molecule has 4 aromatic rings. The fourth-order valence-corrected chi connectivity index (χ4v) is 6.26. The molecule has 0 spiro atoms. The molecule has 0 amide bonds. The van der Waals surface area contributed by atoms with E-state index in [1.807, 2.05) is 54.6 Å². The molecule has 1 aliphatic carbocycles. The molecule has 0 aliphatic heterocycles. The Hall–Kier alpha value is -3.41. The number of hydrogen-bond acceptors (Lipinski definition) is 4. The Kier molecular flexibility index (Phi) is 9.03. The topological polar surface area (TPSA) is 67.3 Å². The van der Waals surface area contributed by atoms with Crippen molar-refractivity contribution in [3.63, 3.8) is 0 Å². The molecule has 4 nitrogen and oxygen atoms in total. The van der Waals surface area contributed by atoms with Crippen LogP contribution in [0.3, 0.4) is 0 Å². The zero-order chi connectivity index (χ0) is 28.1. The first kappa shape index (κ1) is 28.1. The third kappa shape index (κ3) is 6.83. The lowest BCUT2D eigenvalue weighted by molar-refractivity contribution is -0.124. The van der Waals surface area contributed by atoms with E-state index in [1.165, 1.54) is 6.07 Å². The smallest absolute Gasteiger partial charge is 0.162 e. The van der Waals surface area contributed by atoms with Gasteiger partial charge in [0.1, 0.15) is 18.2 Å². The van der Waals surface area contributed by atoms with E-state index in [4.69, 9.17) is 16.7 Å². The van der Waals surface area contributed by atoms with Gasteiger partial charge in [-0.25, -0.2) is 4.39 Å². The number of carbonyl (C=O) groups excluding carboxylic acids is 2. The maximum absolute atomic E-state index is 14.1. The van der Waals surface area contributed by atoms with Gasteiger partial charge < -0.3 is 5.11 Å². The van der Waals surface area contributed by atoms with Crippen LogP contribution in [0.5, 0.6) is 0 Å². The van der Waals surface area contributed by atoms with Crippen LogP contribution in [-0.2, 0) is 28.9 Å². The molecule has 1 N–H and O–H groups in total. The van der Waals surface area contributed by atoms with Crippen LogP contribution in [-0.4, -0.2) is 28.3 Å². The SMILES string of the molecule is O=C(CO)Cc1ccc(CC(C(=O)Cc2ccc(Cl)cc2)C2CCC(c3ccnc4ccc(F)cc34)CC2)cc1. The van der Waals surface area contributed by atoms with Crippen molar-refractivity contribution < 1.29 is 19.1 Å². The third-order valence-corrected chi connectivity index (χ3v) is 8.53. The minimum absolute atomic E-state index is 0.131. The highest BCUT2D eigenvalue weighted by Gasteiger charge is 2.33. The van der Waals surface area contributed by atoms with Gasteiger partial charge in [0.05, 0.1) is 5.52 Å². The number of aliphatic hydroxyl groups is 1. The van der Waals surface area contributed by atoms with Crippen molar-refractivity contribution in [1.82, 2.24) is 4.98 Å². The first-order valence-corrected chi connectivity index (χ1v) is 14.3. The van der Waals surface area contributed by atoms with Crippen molar-refractivity contribution in [2.45, 2.75) is 50.9 Å². The second-order valence-electron chi connectivity index (χ2n) is 10.9. The molecule has 0 saturated heterocycles. The van der Waals surface area contributed by atoms with Gasteiger partial charge in [-0.15, -0.1) is 0 Å². The normalized spacial score (nSPS) is 18.0. The number of pyridine rings is 1. The zero-order valence-electron chi connectivity index (χ0n) is 22.4. The van der Waals surface area contributed by atoms with E-state index in [1.54, 1.807) is 18.3 Å². The third-order valence-electron chi connectivity index (χ3n) is 8.28. The Bertz CT molecular complexity index is 1480. The first-order chi connectivity index (χ1) is 19.4. The van der Waals surface area contributed by atoms with Gasteiger partial charge in [-0.05, 0) is 103 Å². The Morgan fingerprint density at radius 1 is 0.875 bits per heavy atom. The second kappa shape index (κ2) is 12.8. The standard InChI is InChI=1S/C34H33ClFNO3/c35-27-11-5-24(6-12-27)19-34(40)31(18-23-3-1-22(2-4-23)17-29(39)21-38)26-9-7-25(8-10-26)30-15-16-37-33-14-13-28(36)20-32(30)33/h1-6,11-16,20,25-26,31,38H,7-10,17-19,21H2. The summed E-state index contributed by atoms with van der Waals surface area (Å²) in [6.45, 7) is -0.462. The van der Waals surface area contributed by atoms with Crippen molar-refractivity contribution in [2.24, 2.45) is 11.8 Å². The molecule has 5 rings (SSSR count). The molecule has 1 unspecified atom stereocenters. The van der Waals surface area contributed by atoms with Crippen molar-refractivity contribution >= 4 is 34.1 Å². The van der Waals surface area contributed by atoms with Crippen LogP contribution in [0, 0.1) is 17.7 Å². The Labute approximate surface area is 239 Å². The molecule has 1 aliphatic rings.